The van der Waals surface area contributed by atoms with Gasteiger partial charge in [-0.05, 0) is 118 Å². The molecule has 1 atom stereocenters. The highest BCUT2D eigenvalue weighted by Crippen LogP contribution is 2.33. The van der Waals surface area contributed by atoms with E-state index in [-0.39, 0.29) is 46.2 Å². The van der Waals surface area contributed by atoms with Gasteiger partial charge in [0.05, 0.1) is 83.3 Å². The fourth-order valence-electron chi connectivity index (χ4n) is 6.44. The van der Waals surface area contributed by atoms with Crippen molar-refractivity contribution in [2.24, 2.45) is 10.8 Å². The molecule has 3 aliphatic heterocycles. The molecule has 13 nitrogen and oxygen atoms in total. The molecule has 59 heavy (non-hydrogen) atoms. The molecule has 3 heterocycles. The van der Waals surface area contributed by atoms with Crippen LogP contribution in [0.4, 0.5) is 0 Å². The third-order valence-electron chi connectivity index (χ3n) is 10.9. The molecule has 0 bridgehead atoms. The number of hydrogen-bond acceptors (Lipinski definition) is 13. The highest BCUT2D eigenvalue weighted by molar-refractivity contribution is 5.97. The minimum atomic E-state index is -0.718. The lowest BCUT2D eigenvalue weighted by Gasteiger charge is -2.40. The van der Waals surface area contributed by atoms with Crippen LogP contribution in [0.5, 0.6) is 23.0 Å². The molecule has 0 N–H and O–H groups in total. The van der Waals surface area contributed by atoms with Gasteiger partial charge in [-0.2, -0.15) is 0 Å². The van der Waals surface area contributed by atoms with Crippen molar-refractivity contribution in [1.29, 1.82) is 0 Å². The maximum atomic E-state index is 13.3. The van der Waals surface area contributed by atoms with E-state index in [0.29, 0.717) is 56.5 Å². The Balaban J connectivity index is 0.961. The van der Waals surface area contributed by atoms with E-state index in [9.17, 15) is 14.4 Å². The van der Waals surface area contributed by atoms with E-state index >= 15 is 0 Å². The summed E-state index contributed by atoms with van der Waals surface area (Å²) < 4.78 is 56.2. The van der Waals surface area contributed by atoms with Crippen molar-refractivity contribution in [2.75, 3.05) is 79.3 Å². The van der Waals surface area contributed by atoms with Gasteiger partial charge in [-0.25, -0.2) is 14.4 Å². The minimum absolute atomic E-state index is 0.0338. The van der Waals surface area contributed by atoms with E-state index in [2.05, 4.69) is 13.8 Å². The lowest BCUT2D eigenvalue weighted by molar-refractivity contribution is -0.150. The number of hydrogen-bond donors (Lipinski definition) is 0. The molecular weight excluding hydrogens is 760 g/mol. The second kappa shape index (κ2) is 22.2. The second-order valence-corrected chi connectivity index (χ2v) is 15.6. The number of rotatable bonds is 27. The van der Waals surface area contributed by atoms with Crippen LogP contribution in [-0.4, -0.2) is 103 Å². The predicted octanol–water partition coefficient (Wildman–Crippen LogP) is 7.67. The standard InChI is InChI=1S/C46H58O13/c1-3-45(30-52-31-45)28-50-21-5-7-23-54-36-15-11-34(12-16-36)42(47)58-38-19-20-41(40(26-38)44(49)56-25-9-10-39-27-57-39)59-43(48)35-13-17-37(18-14-35)55-24-8-6-22-51-29-46(4-2)32-53-33-46/h11-20,26,39H,3-10,21-25,27-33H2,1-2H3. The Morgan fingerprint density at radius 2 is 1.08 bits per heavy atom. The Bertz CT molecular complexity index is 1770. The average molecular weight is 819 g/mol. The van der Waals surface area contributed by atoms with Crippen LogP contribution in [0, 0.1) is 10.8 Å². The molecule has 6 rings (SSSR count). The molecule has 3 aromatic rings. The Hall–Kier alpha value is -4.53. The van der Waals surface area contributed by atoms with Crippen LogP contribution in [0.1, 0.15) is 96.3 Å². The van der Waals surface area contributed by atoms with Crippen LogP contribution < -0.4 is 18.9 Å². The van der Waals surface area contributed by atoms with Crippen molar-refractivity contribution < 1.29 is 61.8 Å². The van der Waals surface area contributed by atoms with Gasteiger partial charge in [-0.1, -0.05) is 13.8 Å². The molecule has 0 aromatic heterocycles. The van der Waals surface area contributed by atoms with Crippen LogP contribution in [0.15, 0.2) is 66.7 Å². The second-order valence-electron chi connectivity index (χ2n) is 15.6. The van der Waals surface area contributed by atoms with Crippen molar-refractivity contribution in [3.63, 3.8) is 0 Å². The number of esters is 3. The monoisotopic (exact) mass is 818 g/mol. The quantitative estimate of drug-likeness (QED) is 0.0321. The van der Waals surface area contributed by atoms with E-state index in [1.807, 2.05) is 0 Å². The molecule has 3 saturated heterocycles. The van der Waals surface area contributed by atoms with Crippen LogP contribution >= 0.6 is 0 Å². The molecule has 0 radical (unpaired) electrons. The van der Waals surface area contributed by atoms with Crippen LogP contribution in [-0.2, 0) is 28.4 Å². The zero-order valence-electron chi connectivity index (χ0n) is 34.4. The Morgan fingerprint density at radius 3 is 1.56 bits per heavy atom. The first kappa shape index (κ1) is 44.0. The highest BCUT2D eigenvalue weighted by atomic mass is 16.6. The van der Waals surface area contributed by atoms with Crippen LogP contribution in [0.25, 0.3) is 0 Å². The van der Waals surface area contributed by atoms with Crippen molar-refractivity contribution in [3.8, 4) is 23.0 Å². The number of ether oxygens (including phenoxy) is 10. The van der Waals surface area contributed by atoms with Gasteiger partial charge in [-0.15, -0.1) is 0 Å². The highest BCUT2D eigenvalue weighted by Gasteiger charge is 2.37. The molecule has 13 heteroatoms. The maximum absolute atomic E-state index is 13.3. The van der Waals surface area contributed by atoms with E-state index < -0.39 is 17.9 Å². The number of unbranched alkanes of at least 4 members (excludes halogenated alkanes) is 2. The third kappa shape index (κ3) is 13.5. The lowest BCUT2D eigenvalue weighted by atomic mass is 9.84. The van der Waals surface area contributed by atoms with E-state index in [1.54, 1.807) is 48.5 Å². The topological polar surface area (TPSA) is 147 Å². The number of benzene rings is 3. The Morgan fingerprint density at radius 1 is 0.593 bits per heavy atom. The van der Waals surface area contributed by atoms with Crippen LogP contribution in [0.2, 0.25) is 0 Å². The largest absolute Gasteiger partial charge is 0.494 e. The van der Waals surface area contributed by atoms with Gasteiger partial charge in [0.25, 0.3) is 0 Å². The molecule has 0 spiro atoms. The summed E-state index contributed by atoms with van der Waals surface area (Å²) in [6, 6.07) is 17.4. The molecular formula is C46H58O13. The fraction of sp³-hybridized carbons (Fsp3) is 0.543. The molecule has 0 aliphatic carbocycles. The normalized spacial score (nSPS) is 17.2. The van der Waals surface area contributed by atoms with Crippen molar-refractivity contribution in [3.05, 3.63) is 83.4 Å². The van der Waals surface area contributed by atoms with Gasteiger partial charge in [0.2, 0.25) is 0 Å². The first-order chi connectivity index (χ1) is 28.8. The Labute approximate surface area is 346 Å². The maximum Gasteiger partial charge on any atom is 0.343 e. The van der Waals surface area contributed by atoms with E-state index in [1.165, 1.54) is 18.2 Å². The smallest absolute Gasteiger partial charge is 0.343 e. The summed E-state index contributed by atoms with van der Waals surface area (Å²) in [5.41, 5.74) is 0.857. The molecule has 320 valence electrons. The minimum Gasteiger partial charge on any atom is -0.494 e. The van der Waals surface area contributed by atoms with Gasteiger partial charge in [0.1, 0.15) is 28.6 Å². The SMILES string of the molecule is CCC1(COCCCCOc2ccc(C(=O)Oc3ccc(OC(=O)c4ccc(OCCCCOCC5(CC)COC5)cc4)c(C(=O)OCCCC4CO4)c3)cc2)COC1. The predicted molar refractivity (Wildman–Crippen MR) is 217 cm³/mol. The number of carbonyl (C=O) groups is 3. The summed E-state index contributed by atoms with van der Waals surface area (Å²) in [6.45, 7) is 12.1. The molecule has 3 aliphatic rings. The van der Waals surface area contributed by atoms with Crippen molar-refractivity contribution in [1.82, 2.24) is 0 Å². The lowest BCUT2D eigenvalue weighted by Crippen LogP contribution is -2.45. The van der Waals surface area contributed by atoms with Crippen LogP contribution in [0.3, 0.4) is 0 Å². The van der Waals surface area contributed by atoms with Crippen molar-refractivity contribution in [2.45, 2.75) is 71.3 Å². The first-order valence-corrected chi connectivity index (χ1v) is 20.9. The number of epoxide rings is 1. The summed E-state index contributed by atoms with van der Waals surface area (Å²) in [5.74, 6) is -0.744. The zero-order valence-corrected chi connectivity index (χ0v) is 34.4. The fourth-order valence-corrected chi connectivity index (χ4v) is 6.44. The zero-order chi connectivity index (χ0) is 41.3. The van der Waals surface area contributed by atoms with Gasteiger partial charge in [0.15, 0.2) is 0 Å². The van der Waals surface area contributed by atoms with Gasteiger partial charge < -0.3 is 47.4 Å². The van der Waals surface area contributed by atoms with Gasteiger partial charge >= 0.3 is 17.9 Å². The summed E-state index contributed by atoms with van der Waals surface area (Å²) in [4.78, 5) is 39.6. The van der Waals surface area contributed by atoms with Gasteiger partial charge in [0, 0.05) is 24.0 Å². The third-order valence-corrected chi connectivity index (χ3v) is 10.9. The summed E-state index contributed by atoms with van der Waals surface area (Å²) in [7, 11) is 0. The van der Waals surface area contributed by atoms with E-state index in [0.717, 1.165) is 84.6 Å². The molecule has 1 unspecified atom stereocenters. The number of carbonyl (C=O) groups excluding carboxylic acids is 3. The summed E-state index contributed by atoms with van der Waals surface area (Å²) >= 11 is 0. The Kier molecular flexibility index (Phi) is 16.6. The van der Waals surface area contributed by atoms with Gasteiger partial charge in [-0.3, -0.25) is 0 Å². The summed E-state index contributed by atoms with van der Waals surface area (Å²) in [6.07, 6.45) is 7.10. The molecule has 3 fully saturated rings. The van der Waals surface area contributed by atoms with Crippen molar-refractivity contribution >= 4 is 17.9 Å². The molecule has 0 saturated carbocycles. The first-order valence-electron chi connectivity index (χ1n) is 20.9. The van der Waals surface area contributed by atoms with E-state index in [4.69, 9.17) is 47.4 Å². The summed E-state index contributed by atoms with van der Waals surface area (Å²) in [5, 5.41) is 0. The molecule has 3 aromatic carbocycles. The average Bonchev–Trinajstić information content (AvgIpc) is 4.06. The molecule has 0 amide bonds.